The van der Waals surface area contributed by atoms with Crippen molar-refractivity contribution >= 4 is 38.3 Å². The molecule has 2 aromatic heterocycles. The van der Waals surface area contributed by atoms with Gasteiger partial charge in [-0.1, -0.05) is 57.5 Å². The predicted molar refractivity (Wildman–Crippen MR) is 115 cm³/mol. The van der Waals surface area contributed by atoms with E-state index in [4.69, 9.17) is 4.98 Å². The van der Waals surface area contributed by atoms with Gasteiger partial charge in [0, 0.05) is 22.0 Å². The molecule has 29 heavy (non-hydrogen) atoms. The molecule has 0 aliphatic heterocycles. The molecule has 0 spiro atoms. The Morgan fingerprint density at radius 1 is 0.966 bits per heavy atom. The van der Waals surface area contributed by atoms with E-state index in [2.05, 4.69) is 31.6 Å². The molecular weight excluding hydrogens is 433 g/mol. The van der Waals surface area contributed by atoms with E-state index in [9.17, 15) is 4.39 Å². The fraction of sp³-hybridized carbons (Fsp3) is 0.0455. The van der Waals surface area contributed by atoms with Gasteiger partial charge in [-0.25, -0.2) is 9.37 Å². The standard InChI is InChI=1S/C22H15BrFN5/c23-16-5-3-4-15(12-16)20-22-26-21(25-13-14-8-10-17(24)11-9-14)18-6-1-2-7-19(18)29(22)28-27-20/h1-12H,13H2,(H,25,26). The molecule has 2 heterocycles. The van der Waals surface area contributed by atoms with Gasteiger partial charge in [-0.2, -0.15) is 4.52 Å². The van der Waals surface area contributed by atoms with Crippen LogP contribution in [-0.4, -0.2) is 19.8 Å². The Kier molecular flexibility index (Phi) is 4.44. The molecule has 0 unspecified atom stereocenters. The fourth-order valence-electron chi connectivity index (χ4n) is 3.31. The van der Waals surface area contributed by atoms with Gasteiger partial charge in [0.05, 0.1) is 5.52 Å². The highest BCUT2D eigenvalue weighted by Gasteiger charge is 2.15. The summed E-state index contributed by atoms with van der Waals surface area (Å²) >= 11 is 3.51. The minimum absolute atomic E-state index is 0.247. The lowest BCUT2D eigenvalue weighted by Gasteiger charge is -2.10. The van der Waals surface area contributed by atoms with Crippen LogP contribution in [0.5, 0.6) is 0 Å². The molecule has 0 radical (unpaired) electrons. The van der Waals surface area contributed by atoms with Crippen LogP contribution in [0, 0.1) is 5.82 Å². The number of nitrogens with one attached hydrogen (secondary N) is 1. The summed E-state index contributed by atoms with van der Waals surface area (Å²) in [6.45, 7) is 0.529. The Labute approximate surface area is 174 Å². The highest BCUT2D eigenvalue weighted by atomic mass is 79.9. The number of hydrogen-bond acceptors (Lipinski definition) is 4. The SMILES string of the molecule is Fc1ccc(CNc2nc3c(-c4cccc(Br)c4)nnn3c3ccccc23)cc1. The van der Waals surface area contributed by atoms with Gasteiger partial charge in [-0.05, 0) is 42.0 Å². The Morgan fingerprint density at radius 3 is 2.62 bits per heavy atom. The van der Waals surface area contributed by atoms with Crippen molar-refractivity contribution < 1.29 is 4.39 Å². The quantitative estimate of drug-likeness (QED) is 0.397. The Morgan fingerprint density at radius 2 is 1.79 bits per heavy atom. The maximum absolute atomic E-state index is 13.2. The van der Waals surface area contributed by atoms with Gasteiger partial charge in [-0.15, -0.1) is 5.10 Å². The number of halogens is 2. The first kappa shape index (κ1) is 17.8. The second-order valence-electron chi connectivity index (χ2n) is 6.64. The normalized spacial score (nSPS) is 11.2. The van der Waals surface area contributed by atoms with Crippen molar-refractivity contribution in [3.05, 3.63) is 88.6 Å². The molecule has 142 valence electrons. The van der Waals surface area contributed by atoms with E-state index in [0.717, 1.165) is 32.3 Å². The van der Waals surface area contributed by atoms with Gasteiger partial charge in [-0.3, -0.25) is 0 Å². The monoisotopic (exact) mass is 447 g/mol. The van der Waals surface area contributed by atoms with Gasteiger partial charge in [0.1, 0.15) is 17.3 Å². The van der Waals surface area contributed by atoms with E-state index in [1.54, 1.807) is 16.6 Å². The molecule has 5 nitrogen and oxygen atoms in total. The molecular formula is C22H15BrFN5. The van der Waals surface area contributed by atoms with Crippen molar-refractivity contribution in [3.8, 4) is 11.3 Å². The van der Waals surface area contributed by atoms with Crippen LogP contribution in [0.1, 0.15) is 5.56 Å². The predicted octanol–water partition coefficient (Wildman–Crippen LogP) is 5.46. The van der Waals surface area contributed by atoms with Gasteiger partial charge in [0.15, 0.2) is 5.65 Å². The van der Waals surface area contributed by atoms with Gasteiger partial charge in [0.2, 0.25) is 0 Å². The van der Waals surface area contributed by atoms with Gasteiger partial charge in [0.25, 0.3) is 0 Å². The number of benzene rings is 3. The zero-order chi connectivity index (χ0) is 19.8. The Bertz CT molecular complexity index is 1330. The first-order chi connectivity index (χ1) is 14.2. The smallest absolute Gasteiger partial charge is 0.186 e. The highest BCUT2D eigenvalue weighted by Crippen LogP contribution is 2.29. The van der Waals surface area contributed by atoms with Crippen molar-refractivity contribution in [1.82, 2.24) is 19.8 Å². The molecule has 0 atom stereocenters. The summed E-state index contributed by atoms with van der Waals surface area (Å²) in [5, 5.41) is 13.0. The number of hydrogen-bond donors (Lipinski definition) is 1. The van der Waals surface area contributed by atoms with E-state index in [1.165, 1.54) is 12.1 Å². The summed E-state index contributed by atoms with van der Waals surface area (Å²) < 4.78 is 15.9. The second-order valence-corrected chi connectivity index (χ2v) is 7.56. The molecule has 0 amide bonds. The van der Waals surface area contributed by atoms with Crippen molar-refractivity contribution in [2.24, 2.45) is 0 Å². The van der Waals surface area contributed by atoms with Crippen LogP contribution in [0.25, 0.3) is 27.8 Å². The average molecular weight is 448 g/mol. The second kappa shape index (κ2) is 7.25. The lowest BCUT2D eigenvalue weighted by Crippen LogP contribution is -2.05. The zero-order valence-electron chi connectivity index (χ0n) is 15.2. The third-order valence-corrected chi connectivity index (χ3v) is 5.22. The number of anilines is 1. The number of fused-ring (bicyclic) bond motifs is 3. The van der Waals surface area contributed by atoms with E-state index in [0.29, 0.717) is 17.9 Å². The largest absolute Gasteiger partial charge is 0.365 e. The Balaban J connectivity index is 1.63. The molecule has 0 bridgehead atoms. The Hall–Kier alpha value is -3.32. The van der Waals surface area contributed by atoms with Crippen LogP contribution in [0.15, 0.2) is 77.3 Å². The number of aromatic nitrogens is 4. The summed E-state index contributed by atoms with van der Waals surface area (Å²) in [6.07, 6.45) is 0. The first-order valence-corrected chi connectivity index (χ1v) is 9.87. The van der Waals surface area contributed by atoms with Gasteiger partial charge >= 0.3 is 0 Å². The summed E-state index contributed by atoms with van der Waals surface area (Å²) in [5.41, 5.74) is 4.19. The summed E-state index contributed by atoms with van der Waals surface area (Å²) in [6, 6.07) is 22.2. The molecule has 0 aliphatic rings. The highest BCUT2D eigenvalue weighted by molar-refractivity contribution is 9.10. The first-order valence-electron chi connectivity index (χ1n) is 9.07. The topological polar surface area (TPSA) is 55.1 Å². The number of nitrogens with zero attached hydrogens (tertiary/aromatic N) is 4. The zero-order valence-corrected chi connectivity index (χ0v) is 16.8. The van der Waals surface area contributed by atoms with Crippen molar-refractivity contribution in [2.45, 2.75) is 6.54 Å². The third kappa shape index (κ3) is 3.34. The fourth-order valence-corrected chi connectivity index (χ4v) is 3.71. The average Bonchev–Trinajstić information content (AvgIpc) is 3.17. The van der Waals surface area contributed by atoms with Crippen LogP contribution in [0.3, 0.4) is 0 Å². The van der Waals surface area contributed by atoms with Crippen LogP contribution in [0.4, 0.5) is 10.2 Å². The van der Waals surface area contributed by atoms with E-state index >= 15 is 0 Å². The van der Waals surface area contributed by atoms with Crippen LogP contribution in [0.2, 0.25) is 0 Å². The summed E-state index contributed by atoms with van der Waals surface area (Å²) in [5.74, 6) is 0.485. The summed E-state index contributed by atoms with van der Waals surface area (Å²) in [7, 11) is 0. The summed E-state index contributed by atoms with van der Waals surface area (Å²) in [4.78, 5) is 4.84. The van der Waals surface area contributed by atoms with Crippen LogP contribution < -0.4 is 5.32 Å². The lowest BCUT2D eigenvalue weighted by molar-refractivity contribution is 0.627. The molecule has 3 aromatic carbocycles. The van der Waals surface area contributed by atoms with Gasteiger partial charge < -0.3 is 5.32 Å². The minimum Gasteiger partial charge on any atom is -0.365 e. The molecule has 5 rings (SSSR count). The minimum atomic E-state index is -0.247. The molecule has 0 fully saturated rings. The molecule has 0 saturated carbocycles. The third-order valence-electron chi connectivity index (χ3n) is 4.72. The lowest BCUT2D eigenvalue weighted by atomic mass is 10.1. The van der Waals surface area contributed by atoms with E-state index < -0.39 is 0 Å². The van der Waals surface area contributed by atoms with Crippen molar-refractivity contribution in [2.75, 3.05) is 5.32 Å². The van der Waals surface area contributed by atoms with Crippen molar-refractivity contribution in [3.63, 3.8) is 0 Å². The maximum Gasteiger partial charge on any atom is 0.186 e. The maximum atomic E-state index is 13.2. The number of rotatable bonds is 4. The molecule has 0 aliphatic carbocycles. The number of para-hydroxylation sites is 1. The molecule has 0 saturated heterocycles. The van der Waals surface area contributed by atoms with E-state index in [1.807, 2.05) is 48.5 Å². The molecule has 7 heteroatoms. The van der Waals surface area contributed by atoms with Crippen molar-refractivity contribution in [1.29, 1.82) is 0 Å². The van der Waals surface area contributed by atoms with Crippen LogP contribution >= 0.6 is 15.9 Å². The van der Waals surface area contributed by atoms with Crippen LogP contribution in [-0.2, 0) is 6.54 Å². The van der Waals surface area contributed by atoms with E-state index in [-0.39, 0.29) is 5.82 Å². The molecule has 1 N–H and O–H groups in total. The molecule has 5 aromatic rings.